The van der Waals surface area contributed by atoms with Crippen LogP contribution in [0.2, 0.25) is 0 Å². The first-order valence-electron chi connectivity index (χ1n) is 7.84. The van der Waals surface area contributed by atoms with Crippen LogP contribution >= 0.6 is 0 Å². The monoisotopic (exact) mass is 331 g/mol. The average molecular weight is 331 g/mol. The van der Waals surface area contributed by atoms with Crippen LogP contribution in [-0.2, 0) is 14.9 Å². The van der Waals surface area contributed by atoms with Gasteiger partial charge in [0.15, 0.2) is 0 Å². The van der Waals surface area contributed by atoms with Crippen molar-refractivity contribution in [3.63, 3.8) is 0 Å². The highest BCUT2D eigenvalue weighted by Crippen LogP contribution is 2.68. The molecular formula is C15H25NO5S. The number of ketones is 1. The minimum Gasteiger partial charge on any atom is -0.387 e. The third-order valence-corrected chi connectivity index (χ3v) is 7.57. The van der Waals surface area contributed by atoms with E-state index in [1.54, 1.807) is 6.92 Å². The fourth-order valence-corrected chi connectivity index (χ4v) is 6.54. The predicted octanol–water partition coefficient (Wildman–Crippen LogP) is 0.609. The smallest absolute Gasteiger partial charge is 0.265 e. The number of aliphatic hydroxyl groups is 1. The van der Waals surface area contributed by atoms with Crippen LogP contribution in [0.4, 0.5) is 0 Å². The number of rotatable bonds is 4. The van der Waals surface area contributed by atoms with E-state index in [1.807, 2.05) is 13.8 Å². The Morgan fingerprint density at radius 2 is 1.95 bits per heavy atom. The van der Waals surface area contributed by atoms with Gasteiger partial charge in [-0.15, -0.1) is 0 Å². The summed E-state index contributed by atoms with van der Waals surface area (Å²) >= 11 is 0. The molecule has 1 heterocycles. The van der Waals surface area contributed by atoms with Crippen molar-refractivity contribution >= 4 is 15.9 Å². The minimum atomic E-state index is -4.25. The number of Topliss-reactive ketones (excluding diaryl/α,β-unsaturated/α-hetero) is 1. The molecule has 0 spiro atoms. The van der Waals surface area contributed by atoms with Gasteiger partial charge in [-0.05, 0) is 37.0 Å². The summed E-state index contributed by atoms with van der Waals surface area (Å²) in [6.45, 7) is 6.15. The van der Waals surface area contributed by atoms with Crippen molar-refractivity contribution in [2.45, 2.75) is 51.7 Å². The van der Waals surface area contributed by atoms with Crippen LogP contribution in [0.25, 0.3) is 0 Å². The second kappa shape index (κ2) is 4.53. The van der Waals surface area contributed by atoms with E-state index in [1.165, 1.54) is 0 Å². The standard InChI is InChI=1S/C15H25NO5S/c1-13(2)9-4-10(5-11-14(3,18)7-16-11)15(13,12(17)6-9)8-22(19,20)21/h9-11,16,18H,4-8H2,1-3H3,(H,19,20,21)/t9?,10?,11-,14+,15?/m0/s1. The summed E-state index contributed by atoms with van der Waals surface area (Å²) in [6.07, 6.45) is 1.74. The summed E-state index contributed by atoms with van der Waals surface area (Å²) in [5.41, 5.74) is -2.28. The molecule has 0 radical (unpaired) electrons. The van der Waals surface area contributed by atoms with Crippen molar-refractivity contribution in [2.24, 2.45) is 22.7 Å². The van der Waals surface area contributed by atoms with Crippen LogP contribution in [0.3, 0.4) is 0 Å². The van der Waals surface area contributed by atoms with Gasteiger partial charge in [0.2, 0.25) is 0 Å². The fourth-order valence-electron chi connectivity index (χ4n) is 5.19. The Hall–Kier alpha value is -0.500. The zero-order valence-electron chi connectivity index (χ0n) is 13.3. The molecule has 0 aromatic carbocycles. The quantitative estimate of drug-likeness (QED) is 0.652. The summed E-state index contributed by atoms with van der Waals surface area (Å²) in [5, 5.41) is 13.4. The highest BCUT2D eigenvalue weighted by atomic mass is 32.2. The van der Waals surface area contributed by atoms with Crippen LogP contribution in [0.1, 0.15) is 40.0 Å². The molecule has 7 heteroatoms. The van der Waals surface area contributed by atoms with E-state index in [0.29, 0.717) is 19.4 Å². The summed E-state index contributed by atoms with van der Waals surface area (Å²) < 4.78 is 32.6. The minimum absolute atomic E-state index is 0.0460. The molecule has 0 amide bonds. The SMILES string of the molecule is CC1(C)C2CC(=O)C1(CS(=O)(=O)O)C(C[C@@H]1NC[C@@]1(C)O)C2. The molecule has 2 saturated carbocycles. The van der Waals surface area contributed by atoms with Crippen molar-refractivity contribution in [3.8, 4) is 0 Å². The van der Waals surface area contributed by atoms with Gasteiger partial charge >= 0.3 is 0 Å². The number of carbonyl (C=O) groups is 1. The highest BCUT2D eigenvalue weighted by molar-refractivity contribution is 7.85. The van der Waals surface area contributed by atoms with E-state index < -0.39 is 32.3 Å². The molecular weight excluding hydrogens is 306 g/mol. The zero-order chi connectivity index (χ0) is 16.6. The number of nitrogens with one attached hydrogen (secondary N) is 1. The van der Waals surface area contributed by atoms with Gasteiger partial charge in [0.05, 0.1) is 16.8 Å². The number of carbonyl (C=O) groups excluding carboxylic acids is 1. The maximum atomic E-state index is 12.7. The molecule has 22 heavy (non-hydrogen) atoms. The van der Waals surface area contributed by atoms with E-state index in [-0.39, 0.29) is 23.7 Å². The molecule has 5 atom stereocenters. The predicted molar refractivity (Wildman–Crippen MR) is 80.9 cm³/mol. The Balaban J connectivity index is 1.95. The van der Waals surface area contributed by atoms with Gasteiger partial charge < -0.3 is 10.4 Å². The van der Waals surface area contributed by atoms with Crippen molar-refractivity contribution in [1.82, 2.24) is 5.32 Å². The Morgan fingerprint density at radius 1 is 1.32 bits per heavy atom. The molecule has 6 nitrogen and oxygen atoms in total. The maximum Gasteiger partial charge on any atom is 0.265 e. The zero-order valence-corrected chi connectivity index (χ0v) is 14.1. The van der Waals surface area contributed by atoms with Crippen molar-refractivity contribution in [1.29, 1.82) is 0 Å². The van der Waals surface area contributed by atoms with E-state index in [9.17, 15) is 22.9 Å². The summed E-state index contributed by atoms with van der Waals surface area (Å²) in [5.74, 6) is -0.519. The molecule has 3 fully saturated rings. The lowest BCUT2D eigenvalue weighted by Crippen LogP contribution is -2.67. The van der Waals surface area contributed by atoms with E-state index in [0.717, 1.165) is 6.42 Å². The van der Waals surface area contributed by atoms with Gasteiger partial charge in [-0.2, -0.15) is 8.42 Å². The fraction of sp³-hybridized carbons (Fsp3) is 0.933. The molecule has 3 N–H and O–H groups in total. The highest BCUT2D eigenvalue weighted by Gasteiger charge is 2.70. The molecule has 3 unspecified atom stereocenters. The van der Waals surface area contributed by atoms with Gasteiger partial charge in [0.1, 0.15) is 5.78 Å². The van der Waals surface area contributed by atoms with Crippen LogP contribution in [0.5, 0.6) is 0 Å². The number of hydrogen-bond acceptors (Lipinski definition) is 5. The Kier molecular flexibility index (Phi) is 3.37. The molecule has 2 bridgehead atoms. The van der Waals surface area contributed by atoms with Crippen LogP contribution in [0, 0.1) is 22.7 Å². The first-order valence-corrected chi connectivity index (χ1v) is 9.45. The van der Waals surface area contributed by atoms with E-state index in [2.05, 4.69) is 5.32 Å². The van der Waals surface area contributed by atoms with E-state index >= 15 is 0 Å². The Morgan fingerprint density at radius 3 is 2.36 bits per heavy atom. The summed E-state index contributed by atoms with van der Waals surface area (Å²) in [4.78, 5) is 12.7. The Labute approximate surface area is 131 Å². The van der Waals surface area contributed by atoms with Crippen molar-refractivity contribution < 1.29 is 22.9 Å². The normalized spacial score (nSPS) is 46.8. The first kappa shape index (κ1) is 16.4. The molecule has 0 aromatic heterocycles. The van der Waals surface area contributed by atoms with Gasteiger partial charge in [0.25, 0.3) is 10.1 Å². The number of β-amino-alcohol motifs (C(OH)–C–C–N with tert-alkyl or cyclic N) is 1. The lowest BCUT2D eigenvalue weighted by atomic mass is 9.63. The second-order valence-electron chi connectivity index (χ2n) is 8.20. The lowest BCUT2D eigenvalue weighted by molar-refractivity contribution is -0.133. The largest absolute Gasteiger partial charge is 0.387 e. The van der Waals surface area contributed by atoms with Crippen molar-refractivity contribution in [3.05, 3.63) is 0 Å². The van der Waals surface area contributed by atoms with Crippen LogP contribution in [0.15, 0.2) is 0 Å². The summed E-state index contributed by atoms with van der Waals surface area (Å²) in [6, 6.07) is -0.126. The molecule has 126 valence electrons. The van der Waals surface area contributed by atoms with E-state index in [4.69, 9.17) is 0 Å². The van der Waals surface area contributed by atoms with Gasteiger partial charge in [-0.1, -0.05) is 13.8 Å². The van der Waals surface area contributed by atoms with Crippen molar-refractivity contribution in [2.75, 3.05) is 12.3 Å². The maximum absolute atomic E-state index is 12.7. The number of fused-ring (bicyclic) bond motifs is 2. The third-order valence-electron chi connectivity index (χ3n) is 6.75. The van der Waals surface area contributed by atoms with Crippen LogP contribution in [-0.4, -0.2) is 47.8 Å². The molecule has 3 aliphatic rings. The number of hydrogen-bond donors (Lipinski definition) is 3. The topological polar surface area (TPSA) is 104 Å². The Bertz CT molecular complexity index is 611. The van der Waals surface area contributed by atoms with Crippen LogP contribution < -0.4 is 5.32 Å². The second-order valence-corrected chi connectivity index (χ2v) is 9.66. The third kappa shape index (κ3) is 2.09. The van der Waals surface area contributed by atoms with Gasteiger partial charge in [0, 0.05) is 19.0 Å². The first-order chi connectivity index (χ1) is 9.90. The molecule has 3 rings (SSSR count). The summed E-state index contributed by atoms with van der Waals surface area (Å²) in [7, 11) is -4.25. The van der Waals surface area contributed by atoms with Gasteiger partial charge in [-0.3, -0.25) is 9.35 Å². The molecule has 1 saturated heterocycles. The average Bonchev–Trinajstić information content (AvgIpc) is 2.64. The molecule has 2 aliphatic carbocycles. The van der Waals surface area contributed by atoms with Gasteiger partial charge in [-0.25, -0.2) is 0 Å². The lowest BCUT2D eigenvalue weighted by Gasteiger charge is -2.48. The molecule has 0 aromatic rings. The molecule has 1 aliphatic heterocycles.